The smallest absolute Gasteiger partial charge is 0.0540 e. The molecule has 0 unspecified atom stereocenters. The Labute approximate surface area is 395 Å². The van der Waals surface area contributed by atoms with E-state index in [2.05, 4.69) is 284 Å². The molecule has 2 nitrogen and oxygen atoms in total. The minimum absolute atomic E-state index is 0.952. The maximum absolute atomic E-state index is 4.50. The van der Waals surface area contributed by atoms with Crippen LogP contribution in [0.15, 0.2) is 273 Å². The van der Waals surface area contributed by atoms with Gasteiger partial charge in [0.15, 0.2) is 0 Å². The van der Waals surface area contributed by atoms with Crippen molar-refractivity contribution >= 4 is 50.4 Å². The molecule has 0 saturated heterocycles. The van der Waals surface area contributed by atoms with Crippen LogP contribution in [0.2, 0.25) is 0 Å². The van der Waals surface area contributed by atoms with Crippen molar-refractivity contribution in [1.29, 1.82) is 0 Å². The Morgan fingerprint density at radius 3 is 1.58 bits per heavy atom. The normalized spacial score (nSPS) is 12.6. The van der Waals surface area contributed by atoms with Crippen molar-refractivity contribution < 1.29 is 0 Å². The van der Waals surface area contributed by atoms with Gasteiger partial charge in [-0.05, 0) is 148 Å². The number of hydrogen-bond acceptors (Lipinski definition) is 2. The molecule has 0 bridgehead atoms. The fraction of sp³-hybridized carbons (Fsp3) is 0.0462. The van der Waals surface area contributed by atoms with E-state index in [0.29, 0.717) is 0 Å². The summed E-state index contributed by atoms with van der Waals surface area (Å²) in [7, 11) is 0. The van der Waals surface area contributed by atoms with Gasteiger partial charge in [0.2, 0.25) is 0 Å². The van der Waals surface area contributed by atoms with E-state index in [1.807, 2.05) is 0 Å². The fourth-order valence-corrected chi connectivity index (χ4v) is 9.06. The van der Waals surface area contributed by atoms with E-state index in [1.54, 1.807) is 0 Å². The summed E-state index contributed by atoms with van der Waals surface area (Å²) in [5.41, 5.74) is 18.2. The van der Waals surface area contributed by atoms with Crippen molar-refractivity contribution in [2.45, 2.75) is 19.8 Å². The van der Waals surface area contributed by atoms with Crippen LogP contribution in [-0.2, 0) is 0 Å². The topological polar surface area (TPSA) is 6.48 Å². The van der Waals surface area contributed by atoms with Gasteiger partial charge in [0.25, 0.3) is 0 Å². The Morgan fingerprint density at radius 2 is 0.955 bits per heavy atom. The van der Waals surface area contributed by atoms with Gasteiger partial charge in [0, 0.05) is 33.8 Å². The van der Waals surface area contributed by atoms with Crippen molar-refractivity contribution in [1.82, 2.24) is 0 Å². The molecule has 0 saturated carbocycles. The third kappa shape index (κ3) is 9.38. The summed E-state index contributed by atoms with van der Waals surface area (Å²) in [5, 5.41) is 2.44. The number of nitrogens with zero attached hydrogens (tertiary/aromatic N) is 2. The zero-order valence-corrected chi connectivity index (χ0v) is 37.8. The molecule has 10 rings (SSSR count). The molecule has 0 radical (unpaired) electrons. The second kappa shape index (κ2) is 19.7. The van der Waals surface area contributed by atoms with Crippen molar-refractivity contribution in [2.75, 3.05) is 9.80 Å². The molecule has 9 aromatic carbocycles. The number of allylic oxidation sites excluding steroid dienone is 8. The summed E-state index contributed by atoms with van der Waals surface area (Å²) in [6.45, 7) is 6.60. The highest BCUT2D eigenvalue weighted by Gasteiger charge is 2.17. The van der Waals surface area contributed by atoms with Crippen LogP contribution in [0.3, 0.4) is 0 Å². The van der Waals surface area contributed by atoms with E-state index in [-0.39, 0.29) is 0 Å². The molecule has 0 atom stereocenters. The largest absolute Gasteiger partial charge is 0.311 e. The van der Waals surface area contributed by atoms with Crippen molar-refractivity contribution in [3.05, 3.63) is 284 Å². The van der Waals surface area contributed by atoms with Crippen LogP contribution in [0.25, 0.3) is 55.3 Å². The Morgan fingerprint density at radius 1 is 0.448 bits per heavy atom. The molecule has 0 heterocycles. The SMILES string of the molecule is C=C(/C=C\C(=C/C)N(c1ccc(C2=CCCC=C2)cc1)c1ccc(-c2ccc(-c3ccc(N(c4ccccc4)c4cccc5ccccc45)cc3)cc2)cc1)c1cccc(-c2ccccc2)c1. The molecule has 322 valence electrons. The molecule has 0 spiro atoms. The van der Waals surface area contributed by atoms with Gasteiger partial charge in [0.1, 0.15) is 0 Å². The van der Waals surface area contributed by atoms with E-state index in [4.69, 9.17) is 0 Å². The third-order valence-electron chi connectivity index (χ3n) is 12.6. The van der Waals surface area contributed by atoms with Crippen LogP contribution < -0.4 is 9.80 Å². The highest BCUT2D eigenvalue weighted by atomic mass is 15.1. The van der Waals surface area contributed by atoms with E-state index in [1.165, 1.54) is 49.7 Å². The molecule has 0 N–H and O–H groups in total. The molecule has 0 fully saturated rings. The first-order valence-corrected chi connectivity index (χ1v) is 23.2. The van der Waals surface area contributed by atoms with Gasteiger partial charge in [0.05, 0.1) is 5.69 Å². The average Bonchev–Trinajstić information content (AvgIpc) is 3.41. The number of fused-ring (bicyclic) bond motifs is 1. The molecule has 67 heavy (non-hydrogen) atoms. The predicted octanol–water partition coefficient (Wildman–Crippen LogP) is 18.4. The summed E-state index contributed by atoms with van der Waals surface area (Å²) in [6.07, 6.45) is 15.5. The van der Waals surface area contributed by atoms with Gasteiger partial charge in [-0.3, -0.25) is 0 Å². The average molecular weight is 861 g/mol. The number of hydrogen-bond donors (Lipinski definition) is 0. The van der Waals surface area contributed by atoms with E-state index in [0.717, 1.165) is 63.7 Å². The molecule has 0 aliphatic heterocycles. The van der Waals surface area contributed by atoms with Gasteiger partial charge in [-0.25, -0.2) is 0 Å². The molecule has 0 aromatic heterocycles. The summed E-state index contributed by atoms with van der Waals surface area (Å²) < 4.78 is 0. The molecule has 0 amide bonds. The molecular weight excluding hydrogens is 809 g/mol. The molecule has 9 aromatic rings. The number of para-hydroxylation sites is 1. The minimum Gasteiger partial charge on any atom is -0.311 e. The van der Waals surface area contributed by atoms with Crippen molar-refractivity contribution in [2.24, 2.45) is 0 Å². The number of anilines is 5. The first kappa shape index (κ1) is 42.5. The van der Waals surface area contributed by atoms with Gasteiger partial charge in [-0.1, -0.05) is 201 Å². The Bertz CT molecular complexity index is 3260. The quantitative estimate of drug-likeness (QED) is 0.107. The first-order chi connectivity index (χ1) is 33.1. The molecule has 1 aliphatic rings. The standard InChI is InChI=1S/C65H52N2/c1-3-59(40-29-48(2)57-23-15-24-58(47-57)50-19-9-5-10-20-50)66(61-41-34-53(35-42-61)49-17-7-4-8-18-49)62-43-36-54(37-44-62)51-30-32-52(33-31-51)55-38-45-63(46-39-55)67(60-25-11-6-12-26-60)65-28-16-22-56-21-13-14-27-64(56)65/h3,5-7,9-47H,2,4,8H2,1H3/b40-29-,59-3+. The zero-order valence-electron chi connectivity index (χ0n) is 37.8. The maximum atomic E-state index is 4.50. The van der Waals surface area contributed by atoms with Crippen LogP contribution in [0, 0.1) is 0 Å². The highest BCUT2D eigenvalue weighted by Crippen LogP contribution is 2.40. The highest BCUT2D eigenvalue weighted by molar-refractivity contribution is 5.99. The number of benzene rings is 9. The summed E-state index contributed by atoms with van der Waals surface area (Å²) in [5.74, 6) is 0. The second-order valence-corrected chi connectivity index (χ2v) is 16.9. The van der Waals surface area contributed by atoms with Gasteiger partial charge < -0.3 is 9.80 Å². The third-order valence-corrected chi connectivity index (χ3v) is 12.6. The first-order valence-electron chi connectivity index (χ1n) is 23.2. The monoisotopic (exact) mass is 860 g/mol. The molecular formula is C65H52N2. The lowest BCUT2D eigenvalue weighted by Gasteiger charge is -2.27. The summed E-state index contributed by atoms with van der Waals surface area (Å²) >= 11 is 0. The fourth-order valence-electron chi connectivity index (χ4n) is 9.06. The molecule has 2 heteroatoms. The van der Waals surface area contributed by atoms with Gasteiger partial charge in [-0.15, -0.1) is 0 Å². The Kier molecular flexibility index (Phi) is 12.5. The summed E-state index contributed by atoms with van der Waals surface area (Å²) in [6, 6.07) is 80.6. The van der Waals surface area contributed by atoms with Crippen molar-refractivity contribution in [3.8, 4) is 33.4 Å². The van der Waals surface area contributed by atoms with Crippen LogP contribution in [0.4, 0.5) is 28.4 Å². The van der Waals surface area contributed by atoms with Crippen LogP contribution in [0.1, 0.15) is 30.9 Å². The lowest BCUT2D eigenvalue weighted by molar-refractivity contribution is 1.04. The predicted molar refractivity (Wildman–Crippen MR) is 288 cm³/mol. The minimum atomic E-state index is 0.952. The van der Waals surface area contributed by atoms with Crippen LogP contribution >= 0.6 is 0 Å². The number of rotatable bonds is 13. The maximum Gasteiger partial charge on any atom is 0.0540 e. The van der Waals surface area contributed by atoms with E-state index in [9.17, 15) is 0 Å². The van der Waals surface area contributed by atoms with Crippen molar-refractivity contribution in [3.63, 3.8) is 0 Å². The van der Waals surface area contributed by atoms with Crippen LogP contribution in [0.5, 0.6) is 0 Å². The molecule has 1 aliphatic carbocycles. The second-order valence-electron chi connectivity index (χ2n) is 16.9. The Hall–Kier alpha value is -8.46. The van der Waals surface area contributed by atoms with E-state index >= 15 is 0 Å². The van der Waals surface area contributed by atoms with E-state index < -0.39 is 0 Å². The Balaban J connectivity index is 0.909. The van der Waals surface area contributed by atoms with Crippen LogP contribution in [-0.4, -0.2) is 0 Å². The summed E-state index contributed by atoms with van der Waals surface area (Å²) in [4.78, 5) is 4.68. The van der Waals surface area contributed by atoms with Gasteiger partial charge in [-0.2, -0.15) is 0 Å². The lowest BCUT2D eigenvalue weighted by atomic mass is 9.98. The zero-order chi connectivity index (χ0) is 45.4. The lowest BCUT2D eigenvalue weighted by Crippen LogP contribution is -2.15. The van der Waals surface area contributed by atoms with Gasteiger partial charge >= 0.3 is 0 Å².